The van der Waals surface area contributed by atoms with Gasteiger partial charge in [0, 0.05) is 26.3 Å². The second-order valence-electron chi connectivity index (χ2n) is 4.12. The van der Waals surface area contributed by atoms with E-state index in [1.165, 1.54) is 12.3 Å². The van der Waals surface area contributed by atoms with E-state index < -0.39 is 0 Å². The van der Waals surface area contributed by atoms with Crippen LogP contribution in [0.4, 0.5) is 5.82 Å². The number of carbonyl (C=O) groups is 1. The third-order valence-electron chi connectivity index (χ3n) is 2.34. The number of halogens is 1. The lowest BCUT2D eigenvalue weighted by Gasteiger charge is -2.20. The van der Waals surface area contributed by atoms with Gasteiger partial charge in [0.1, 0.15) is 5.82 Å². The summed E-state index contributed by atoms with van der Waals surface area (Å²) >= 11 is 5.92. The number of nitrogens with two attached hydrogens (primary N) is 1. The number of pyridine rings is 1. The molecule has 1 aromatic heterocycles. The highest BCUT2D eigenvalue weighted by molar-refractivity contribution is 6.33. The standard InChI is InChI=1S/C11H17ClN4O/c1-15(2)4-5-16(3)11(17)8-6-10(13)14-7-9(8)12/h6-7H,4-5H2,1-3H3,(H2,13,14). The van der Waals surface area contributed by atoms with Crippen LogP contribution in [0.3, 0.4) is 0 Å². The van der Waals surface area contributed by atoms with Crippen LogP contribution in [0, 0.1) is 0 Å². The Morgan fingerprint density at radius 1 is 1.41 bits per heavy atom. The van der Waals surface area contributed by atoms with E-state index in [1.54, 1.807) is 11.9 Å². The van der Waals surface area contributed by atoms with E-state index in [-0.39, 0.29) is 5.91 Å². The molecule has 0 fully saturated rings. The number of hydrogen-bond acceptors (Lipinski definition) is 4. The third kappa shape index (κ3) is 3.87. The Balaban J connectivity index is 2.78. The number of aromatic nitrogens is 1. The van der Waals surface area contributed by atoms with Gasteiger partial charge in [-0.05, 0) is 20.2 Å². The fraction of sp³-hybridized carbons (Fsp3) is 0.455. The summed E-state index contributed by atoms with van der Waals surface area (Å²) < 4.78 is 0. The average molecular weight is 257 g/mol. The molecule has 0 aliphatic carbocycles. The van der Waals surface area contributed by atoms with Gasteiger partial charge < -0.3 is 15.5 Å². The Labute approximate surface area is 106 Å². The Kier molecular flexibility index (Phi) is 4.72. The lowest BCUT2D eigenvalue weighted by atomic mass is 10.2. The van der Waals surface area contributed by atoms with Crippen molar-refractivity contribution in [3.63, 3.8) is 0 Å². The van der Waals surface area contributed by atoms with Crippen LogP contribution < -0.4 is 5.73 Å². The highest BCUT2D eigenvalue weighted by atomic mass is 35.5. The molecule has 0 unspecified atom stereocenters. The van der Waals surface area contributed by atoms with Crippen LogP contribution in [0.2, 0.25) is 5.02 Å². The molecular formula is C11H17ClN4O. The summed E-state index contributed by atoms with van der Waals surface area (Å²) in [5.74, 6) is 0.143. The van der Waals surface area contributed by atoms with Crippen molar-refractivity contribution in [2.45, 2.75) is 0 Å². The number of anilines is 1. The molecule has 6 heteroatoms. The SMILES string of the molecule is CN(C)CCN(C)C(=O)c1cc(N)ncc1Cl. The topological polar surface area (TPSA) is 62.5 Å². The van der Waals surface area contributed by atoms with Crippen LogP contribution in [-0.4, -0.2) is 54.9 Å². The molecule has 0 aliphatic heterocycles. The summed E-state index contributed by atoms with van der Waals surface area (Å²) in [6.45, 7) is 1.42. The summed E-state index contributed by atoms with van der Waals surface area (Å²) in [5, 5.41) is 0.320. The van der Waals surface area contributed by atoms with Crippen LogP contribution in [0.1, 0.15) is 10.4 Å². The molecule has 17 heavy (non-hydrogen) atoms. The van der Waals surface area contributed by atoms with Crippen molar-refractivity contribution in [3.05, 3.63) is 22.8 Å². The van der Waals surface area contributed by atoms with Crippen LogP contribution in [0.5, 0.6) is 0 Å². The van der Waals surface area contributed by atoms with E-state index in [4.69, 9.17) is 17.3 Å². The Hall–Kier alpha value is -1.33. The van der Waals surface area contributed by atoms with Crippen LogP contribution in [0.15, 0.2) is 12.3 Å². The molecule has 0 saturated carbocycles. The predicted molar refractivity (Wildman–Crippen MR) is 69.2 cm³/mol. The second-order valence-corrected chi connectivity index (χ2v) is 4.53. The lowest BCUT2D eigenvalue weighted by molar-refractivity contribution is 0.0786. The lowest BCUT2D eigenvalue weighted by Crippen LogP contribution is -2.33. The Morgan fingerprint density at radius 3 is 2.65 bits per heavy atom. The molecule has 5 nitrogen and oxygen atoms in total. The number of amides is 1. The molecule has 0 atom stereocenters. The first-order valence-corrected chi connectivity index (χ1v) is 5.61. The zero-order valence-electron chi connectivity index (χ0n) is 10.3. The van der Waals surface area contributed by atoms with Crippen molar-refractivity contribution in [1.82, 2.24) is 14.8 Å². The highest BCUT2D eigenvalue weighted by Crippen LogP contribution is 2.18. The van der Waals surface area contributed by atoms with Gasteiger partial charge in [0.25, 0.3) is 5.91 Å². The van der Waals surface area contributed by atoms with Gasteiger partial charge in [0.05, 0.1) is 10.6 Å². The van der Waals surface area contributed by atoms with Crippen molar-refractivity contribution in [1.29, 1.82) is 0 Å². The van der Waals surface area contributed by atoms with E-state index in [2.05, 4.69) is 4.98 Å². The van der Waals surface area contributed by atoms with Crippen LogP contribution in [-0.2, 0) is 0 Å². The minimum atomic E-state index is -0.147. The van der Waals surface area contributed by atoms with Crippen molar-refractivity contribution >= 4 is 23.3 Å². The van der Waals surface area contributed by atoms with E-state index in [1.807, 2.05) is 19.0 Å². The largest absolute Gasteiger partial charge is 0.384 e. The number of carbonyl (C=O) groups excluding carboxylic acids is 1. The van der Waals surface area contributed by atoms with Crippen molar-refractivity contribution in [2.75, 3.05) is 40.0 Å². The molecular weight excluding hydrogens is 240 g/mol. The molecule has 0 radical (unpaired) electrons. The maximum absolute atomic E-state index is 12.1. The predicted octanol–water partition coefficient (Wildman–Crippen LogP) is 0.951. The van der Waals surface area contributed by atoms with Gasteiger partial charge in [-0.1, -0.05) is 11.6 Å². The normalized spacial score (nSPS) is 10.6. The van der Waals surface area contributed by atoms with Crippen LogP contribution in [0.25, 0.3) is 0 Å². The van der Waals surface area contributed by atoms with Gasteiger partial charge in [-0.2, -0.15) is 0 Å². The monoisotopic (exact) mass is 256 g/mol. The van der Waals surface area contributed by atoms with E-state index >= 15 is 0 Å². The first-order chi connectivity index (χ1) is 7.91. The zero-order chi connectivity index (χ0) is 13.0. The minimum Gasteiger partial charge on any atom is -0.384 e. The molecule has 94 valence electrons. The first-order valence-electron chi connectivity index (χ1n) is 5.23. The molecule has 0 aliphatic rings. The van der Waals surface area contributed by atoms with E-state index in [0.717, 1.165) is 6.54 Å². The Morgan fingerprint density at radius 2 is 2.06 bits per heavy atom. The number of nitrogens with zero attached hydrogens (tertiary/aromatic N) is 3. The number of likely N-dealkylation sites (N-methyl/N-ethyl adjacent to an activating group) is 2. The van der Waals surface area contributed by atoms with E-state index in [9.17, 15) is 4.79 Å². The fourth-order valence-corrected chi connectivity index (χ4v) is 1.46. The first kappa shape index (κ1) is 13.7. The highest BCUT2D eigenvalue weighted by Gasteiger charge is 2.15. The summed E-state index contributed by atoms with van der Waals surface area (Å²) in [4.78, 5) is 19.5. The van der Waals surface area contributed by atoms with Gasteiger partial charge in [0.15, 0.2) is 0 Å². The summed E-state index contributed by atoms with van der Waals surface area (Å²) in [6, 6.07) is 1.50. The van der Waals surface area contributed by atoms with Gasteiger partial charge >= 0.3 is 0 Å². The van der Waals surface area contributed by atoms with Crippen LogP contribution >= 0.6 is 11.6 Å². The molecule has 1 heterocycles. The number of rotatable bonds is 4. The molecule has 1 rings (SSSR count). The maximum atomic E-state index is 12.1. The van der Waals surface area contributed by atoms with Gasteiger partial charge in [-0.25, -0.2) is 4.98 Å². The third-order valence-corrected chi connectivity index (χ3v) is 2.64. The quantitative estimate of drug-likeness (QED) is 0.871. The average Bonchev–Trinajstić information content (AvgIpc) is 2.28. The van der Waals surface area contributed by atoms with Gasteiger partial charge in [0.2, 0.25) is 0 Å². The zero-order valence-corrected chi connectivity index (χ0v) is 11.0. The van der Waals surface area contributed by atoms with Gasteiger partial charge in [-0.3, -0.25) is 4.79 Å². The summed E-state index contributed by atoms with van der Waals surface area (Å²) in [6.07, 6.45) is 1.39. The summed E-state index contributed by atoms with van der Waals surface area (Å²) in [7, 11) is 5.64. The molecule has 1 amide bonds. The maximum Gasteiger partial charge on any atom is 0.255 e. The molecule has 0 spiro atoms. The molecule has 1 aromatic rings. The Bertz CT molecular complexity index is 408. The summed E-state index contributed by atoms with van der Waals surface area (Å²) in [5.41, 5.74) is 5.93. The fourth-order valence-electron chi connectivity index (χ4n) is 1.28. The number of nitrogen functional groups attached to an aromatic ring is 1. The number of hydrogen-bond donors (Lipinski definition) is 1. The van der Waals surface area contributed by atoms with Gasteiger partial charge in [-0.15, -0.1) is 0 Å². The smallest absolute Gasteiger partial charge is 0.255 e. The molecule has 2 N–H and O–H groups in total. The minimum absolute atomic E-state index is 0.147. The van der Waals surface area contributed by atoms with Crippen molar-refractivity contribution < 1.29 is 4.79 Å². The second kappa shape index (κ2) is 5.84. The van der Waals surface area contributed by atoms with Crippen molar-refractivity contribution in [2.24, 2.45) is 0 Å². The molecule has 0 aromatic carbocycles. The molecule has 0 bridgehead atoms. The van der Waals surface area contributed by atoms with Crippen molar-refractivity contribution in [3.8, 4) is 0 Å². The van der Waals surface area contributed by atoms with E-state index in [0.29, 0.717) is 22.9 Å². The molecule has 0 saturated heterocycles.